The van der Waals surface area contributed by atoms with Crippen LogP contribution in [0.1, 0.15) is 5.69 Å². The molecule has 0 aromatic carbocycles. The second kappa shape index (κ2) is 5.20. The van der Waals surface area contributed by atoms with Crippen molar-refractivity contribution in [1.29, 1.82) is 0 Å². The van der Waals surface area contributed by atoms with Crippen molar-refractivity contribution in [2.45, 2.75) is 6.92 Å². The molecule has 23 heavy (non-hydrogen) atoms. The van der Waals surface area contributed by atoms with Gasteiger partial charge in [-0.1, -0.05) is 11.3 Å². The summed E-state index contributed by atoms with van der Waals surface area (Å²) >= 11 is 0. The molecule has 7 heteroatoms. The third kappa shape index (κ3) is 2.22. The summed E-state index contributed by atoms with van der Waals surface area (Å²) in [5.41, 5.74) is 3.01. The predicted octanol–water partition coefficient (Wildman–Crippen LogP) is 2.72. The first-order valence-electron chi connectivity index (χ1n) is 6.98. The van der Waals surface area contributed by atoms with Crippen LogP contribution in [0.5, 0.6) is 0 Å². The van der Waals surface area contributed by atoms with Gasteiger partial charge < -0.3 is 0 Å². The molecule has 4 aromatic heterocycles. The van der Waals surface area contributed by atoms with E-state index < -0.39 is 5.95 Å². The fourth-order valence-corrected chi connectivity index (χ4v) is 2.43. The van der Waals surface area contributed by atoms with Crippen molar-refractivity contribution in [3.63, 3.8) is 0 Å². The van der Waals surface area contributed by atoms with Gasteiger partial charge in [-0.2, -0.15) is 4.39 Å². The predicted molar refractivity (Wildman–Crippen MR) is 82.4 cm³/mol. The molecule has 0 aliphatic heterocycles. The number of fused-ring (bicyclic) bond motifs is 1. The van der Waals surface area contributed by atoms with Crippen LogP contribution < -0.4 is 0 Å². The highest BCUT2D eigenvalue weighted by molar-refractivity contribution is 5.81. The van der Waals surface area contributed by atoms with Gasteiger partial charge in [0.1, 0.15) is 11.4 Å². The third-order valence-electron chi connectivity index (χ3n) is 3.59. The molecule has 0 unspecified atom stereocenters. The minimum absolute atomic E-state index is 0.256. The molecule has 0 aliphatic carbocycles. The summed E-state index contributed by atoms with van der Waals surface area (Å²) in [6, 6.07) is 8.96. The molecule has 0 saturated heterocycles. The summed E-state index contributed by atoms with van der Waals surface area (Å²) in [7, 11) is 0. The van der Waals surface area contributed by atoms with E-state index in [0.717, 1.165) is 10.9 Å². The van der Waals surface area contributed by atoms with Gasteiger partial charge in [-0.05, 0) is 31.2 Å². The number of aromatic nitrogens is 6. The zero-order valence-electron chi connectivity index (χ0n) is 12.2. The van der Waals surface area contributed by atoms with Crippen LogP contribution >= 0.6 is 0 Å². The summed E-state index contributed by atoms with van der Waals surface area (Å²) in [5, 5.41) is 9.14. The molecule has 6 nitrogen and oxygen atoms in total. The van der Waals surface area contributed by atoms with E-state index in [0.29, 0.717) is 17.1 Å². The van der Waals surface area contributed by atoms with Crippen LogP contribution in [0.2, 0.25) is 0 Å². The Morgan fingerprint density at radius 3 is 2.74 bits per heavy atom. The van der Waals surface area contributed by atoms with Crippen molar-refractivity contribution < 1.29 is 4.39 Å². The number of pyridine rings is 3. The van der Waals surface area contributed by atoms with E-state index in [4.69, 9.17) is 0 Å². The van der Waals surface area contributed by atoms with Gasteiger partial charge in [0.05, 0.1) is 23.1 Å². The van der Waals surface area contributed by atoms with Crippen LogP contribution in [0.25, 0.3) is 28.0 Å². The lowest BCUT2D eigenvalue weighted by atomic mass is 10.2. The Kier molecular flexibility index (Phi) is 3.04. The highest BCUT2D eigenvalue weighted by atomic mass is 19.1. The molecule has 0 N–H and O–H groups in total. The molecule has 0 atom stereocenters. The Morgan fingerprint density at radius 2 is 1.87 bits per heavy atom. The first-order chi connectivity index (χ1) is 11.2. The average Bonchev–Trinajstić information content (AvgIpc) is 2.96. The van der Waals surface area contributed by atoms with E-state index in [-0.39, 0.29) is 5.69 Å². The largest absolute Gasteiger partial charge is 0.255 e. The van der Waals surface area contributed by atoms with Crippen molar-refractivity contribution in [2.24, 2.45) is 0 Å². The maximum Gasteiger partial charge on any atom is 0.238 e. The van der Waals surface area contributed by atoms with Crippen LogP contribution in [0, 0.1) is 12.9 Å². The SMILES string of the molecule is Cc1c(-c2cc3cccnc3cn2)nnn1-c1cccnc1F. The first kappa shape index (κ1) is 13.4. The zero-order valence-corrected chi connectivity index (χ0v) is 12.2. The Morgan fingerprint density at radius 1 is 1.04 bits per heavy atom. The molecule has 0 aliphatic rings. The Labute approximate surface area is 130 Å². The van der Waals surface area contributed by atoms with E-state index in [9.17, 15) is 4.39 Å². The topological polar surface area (TPSA) is 69.4 Å². The second-order valence-electron chi connectivity index (χ2n) is 5.01. The van der Waals surface area contributed by atoms with Crippen LogP contribution in [0.15, 0.2) is 48.9 Å². The average molecular weight is 306 g/mol. The number of hydrogen-bond donors (Lipinski definition) is 0. The van der Waals surface area contributed by atoms with Crippen LogP contribution in [0.3, 0.4) is 0 Å². The van der Waals surface area contributed by atoms with E-state index in [2.05, 4.69) is 25.3 Å². The maximum absolute atomic E-state index is 13.9. The highest BCUT2D eigenvalue weighted by Gasteiger charge is 2.16. The van der Waals surface area contributed by atoms with Gasteiger partial charge in [-0.3, -0.25) is 9.97 Å². The van der Waals surface area contributed by atoms with Crippen LogP contribution in [0.4, 0.5) is 4.39 Å². The molecule has 4 aromatic rings. The van der Waals surface area contributed by atoms with Gasteiger partial charge in [-0.25, -0.2) is 9.67 Å². The van der Waals surface area contributed by atoms with Crippen LogP contribution in [-0.2, 0) is 0 Å². The van der Waals surface area contributed by atoms with Gasteiger partial charge in [0.2, 0.25) is 5.95 Å². The summed E-state index contributed by atoms with van der Waals surface area (Å²) in [6.07, 6.45) is 4.80. The fraction of sp³-hybridized carbons (Fsp3) is 0.0625. The van der Waals surface area contributed by atoms with Crippen molar-refractivity contribution in [3.05, 3.63) is 60.6 Å². The molecule has 0 spiro atoms. The van der Waals surface area contributed by atoms with Gasteiger partial charge in [-0.15, -0.1) is 5.10 Å². The Balaban J connectivity index is 1.85. The van der Waals surface area contributed by atoms with Gasteiger partial charge >= 0.3 is 0 Å². The highest BCUT2D eigenvalue weighted by Crippen LogP contribution is 2.23. The molecule has 0 fully saturated rings. The molecule has 0 saturated carbocycles. The van der Waals surface area contributed by atoms with Gasteiger partial charge in [0, 0.05) is 17.8 Å². The van der Waals surface area contributed by atoms with E-state index in [1.165, 1.54) is 10.9 Å². The molecule has 0 amide bonds. The molecule has 112 valence electrons. The lowest BCUT2D eigenvalue weighted by molar-refractivity contribution is 0.564. The lowest BCUT2D eigenvalue weighted by Crippen LogP contribution is -2.03. The molecule has 0 bridgehead atoms. The molecule has 4 rings (SSSR count). The minimum atomic E-state index is -0.595. The monoisotopic (exact) mass is 306 g/mol. The number of hydrogen-bond acceptors (Lipinski definition) is 5. The Hall–Kier alpha value is -3.22. The smallest absolute Gasteiger partial charge is 0.238 e. The summed E-state index contributed by atoms with van der Waals surface area (Å²) < 4.78 is 15.3. The van der Waals surface area contributed by atoms with Gasteiger partial charge in [0.15, 0.2) is 0 Å². The summed E-state index contributed by atoms with van der Waals surface area (Å²) in [5.74, 6) is -0.595. The summed E-state index contributed by atoms with van der Waals surface area (Å²) in [4.78, 5) is 12.3. The maximum atomic E-state index is 13.9. The van der Waals surface area contributed by atoms with Gasteiger partial charge in [0.25, 0.3) is 0 Å². The fourth-order valence-electron chi connectivity index (χ4n) is 2.43. The molecule has 0 radical (unpaired) electrons. The van der Waals surface area contributed by atoms with E-state index in [1.807, 2.05) is 25.1 Å². The molecule has 4 heterocycles. The van der Waals surface area contributed by atoms with Crippen LogP contribution in [-0.4, -0.2) is 29.9 Å². The van der Waals surface area contributed by atoms with Crippen molar-refractivity contribution in [3.8, 4) is 17.1 Å². The first-order valence-corrected chi connectivity index (χ1v) is 6.98. The number of rotatable bonds is 2. The standard InChI is InChI=1S/C16H11FN6/c1-10-15(12-8-11-4-2-6-18-13(11)9-20-12)21-22-23(10)14-5-3-7-19-16(14)17/h2-9H,1H3. The molecular formula is C16H11FN6. The Bertz CT molecular complexity index is 1010. The van der Waals surface area contributed by atoms with E-state index >= 15 is 0 Å². The lowest BCUT2D eigenvalue weighted by Gasteiger charge is -2.04. The summed E-state index contributed by atoms with van der Waals surface area (Å²) in [6.45, 7) is 1.82. The molecular weight excluding hydrogens is 295 g/mol. The normalized spacial score (nSPS) is 11.0. The van der Waals surface area contributed by atoms with Crippen molar-refractivity contribution in [2.75, 3.05) is 0 Å². The van der Waals surface area contributed by atoms with Crippen molar-refractivity contribution in [1.82, 2.24) is 29.9 Å². The number of nitrogens with zero attached hydrogens (tertiary/aromatic N) is 6. The minimum Gasteiger partial charge on any atom is -0.255 e. The third-order valence-corrected chi connectivity index (χ3v) is 3.59. The van der Waals surface area contributed by atoms with E-state index in [1.54, 1.807) is 24.5 Å². The van der Waals surface area contributed by atoms with Crippen molar-refractivity contribution >= 4 is 10.9 Å². The zero-order chi connectivity index (χ0) is 15.8. The quantitative estimate of drug-likeness (QED) is 0.533. The second-order valence-corrected chi connectivity index (χ2v) is 5.01. The number of halogens is 1.